The fourth-order valence-corrected chi connectivity index (χ4v) is 1.76. The number of unbranched alkanes of at least 4 members (excludes halogenated alkanes) is 1. The summed E-state index contributed by atoms with van der Waals surface area (Å²) in [7, 11) is 0. The van der Waals surface area contributed by atoms with E-state index in [2.05, 4.69) is 5.32 Å². The second kappa shape index (κ2) is 7.30. The monoisotopic (exact) mass is 255 g/mol. The van der Waals surface area contributed by atoms with Gasteiger partial charge in [-0.2, -0.15) is 0 Å². The van der Waals surface area contributed by atoms with Crippen molar-refractivity contribution in [1.82, 2.24) is 0 Å². The van der Waals surface area contributed by atoms with Gasteiger partial charge in [-0.3, -0.25) is 4.79 Å². The van der Waals surface area contributed by atoms with Crippen molar-refractivity contribution in [3.05, 3.63) is 29.8 Å². The van der Waals surface area contributed by atoms with Crippen molar-refractivity contribution in [3.8, 4) is 0 Å². The summed E-state index contributed by atoms with van der Waals surface area (Å²) >= 11 is 5.55. The summed E-state index contributed by atoms with van der Waals surface area (Å²) in [5.41, 5.74) is 1.41. The molecule has 0 aliphatic carbocycles. The van der Waals surface area contributed by atoms with Gasteiger partial charge in [-0.1, -0.05) is 18.2 Å². The van der Waals surface area contributed by atoms with E-state index in [9.17, 15) is 9.90 Å². The van der Waals surface area contributed by atoms with Crippen molar-refractivity contribution >= 4 is 23.2 Å². The molecule has 0 saturated heterocycles. The molecule has 0 aromatic heterocycles. The third kappa shape index (κ3) is 4.75. The van der Waals surface area contributed by atoms with Gasteiger partial charge in [-0.05, 0) is 25.8 Å². The minimum atomic E-state index is -0.589. The molecule has 0 fully saturated rings. The van der Waals surface area contributed by atoms with E-state index < -0.39 is 6.10 Å². The van der Waals surface area contributed by atoms with Crippen LogP contribution >= 0.6 is 11.6 Å². The number of nitrogens with one attached hydrogen (secondary N) is 1. The highest BCUT2D eigenvalue weighted by molar-refractivity contribution is 6.17. The van der Waals surface area contributed by atoms with Gasteiger partial charge in [0.1, 0.15) is 0 Å². The van der Waals surface area contributed by atoms with Crippen LogP contribution in [0.2, 0.25) is 0 Å². The van der Waals surface area contributed by atoms with Crippen LogP contribution in [0.5, 0.6) is 0 Å². The SMILES string of the molecule is CC(O)c1ccccc1NC(=O)CCCCCl. The Labute approximate surface area is 107 Å². The van der Waals surface area contributed by atoms with Crippen molar-refractivity contribution in [2.45, 2.75) is 32.3 Å². The van der Waals surface area contributed by atoms with Crippen LogP contribution in [0.3, 0.4) is 0 Å². The number of benzene rings is 1. The molecule has 0 aliphatic rings. The molecule has 1 unspecified atom stereocenters. The molecular formula is C13H18ClNO2. The van der Waals surface area contributed by atoms with Gasteiger partial charge < -0.3 is 10.4 Å². The zero-order valence-electron chi connectivity index (χ0n) is 9.95. The number of hydrogen-bond donors (Lipinski definition) is 2. The molecule has 94 valence electrons. The Kier molecular flexibility index (Phi) is 6.01. The number of alkyl halides is 1. The predicted molar refractivity (Wildman–Crippen MR) is 70.3 cm³/mol. The molecule has 1 aromatic rings. The van der Waals surface area contributed by atoms with Crippen LogP contribution in [-0.4, -0.2) is 16.9 Å². The Hall–Kier alpha value is -1.06. The fraction of sp³-hybridized carbons (Fsp3) is 0.462. The summed E-state index contributed by atoms with van der Waals surface area (Å²) in [6, 6.07) is 7.27. The molecule has 4 heteroatoms. The lowest BCUT2D eigenvalue weighted by atomic mass is 10.1. The zero-order chi connectivity index (χ0) is 12.7. The molecule has 2 N–H and O–H groups in total. The number of hydrogen-bond acceptors (Lipinski definition) is 2. The van der Waals surface area contributed by atoms with Gasteiger partial charge in [0.25, 0.3) is 0 Å². The van der Waals surface area contributed by atoms with Crippen molar-refractivity contribution < 1.29 is 9.90 Å². The molecule has 0 bridgehead atoms. The van der Waals surface area contributed by atoms with Crippen LogP contribution in [0.25, 0.3) is 0 Å². The first-order valence-corrected chi connectivity index (χ1v) is 6.31. The number of anilines is 1. The van der Waals surface area contributed by atoms with Crippen molar-refractivity contribution in [1.29, 1.82) is 0 Å². The molecule has 1 amide bonds. The molecule has 0 heterocycles. The standard InChI is InChI=1S/C13H18ClNO2/c1-10(16)11-6-2-3-7-12(11)15-13(17)8-4-5-9-14/h2-3,6-7,10,16H,4-5,8-9H2,1H3,(H,15,17). The Balaban J connectivity index is 2.58. The lowest BCUT2D eigenvalue weighted by molar-refractivity contribution is -0.116. The van der Waals surface area contributed by atoms with Crippen molar-refractivity contribution in [2.24, 2.45) is 0 Å². The number of aliphatic hydroxyl groups excluding tert-OH is 1. The normalized spacial score (nSPS) is 12.2. The highest BCUT2D eigenvalue weighted by Gasteiger charge is 2.09. The smallest absolute Gasteiger partial charge is 0.224 e. The first kappa shape index (κ1) is 14.0. The molecule has 0 saturated carbocycles. The molecular weight excluding hydrogens is 238 g/mol. The second-order valence-electron chi connectivity index (χ2n) is 3.96. The predicted octanol–water partition coefficient (Wildman–Crippen LogP) is 3.09. The number of carbonyl (C=O) groups is 1. The van der Waals surface area contributed by atoms with Crippen LogP contribution in [0.4, 0.5) is 5.69 Å². The lowest BCUT2D eigenvalue weighted by Gasteiger charge is -2.12. The van der Waals surface area contributed by atoms with Gasteiger partial charge in [-0.15, -0.1) is 11.6 Å². The Morgan fingerprint density at radius 2 is 2.12 bits per heavy atom. The number of carbonyl (C=O) groups excluding carboxylic acids is 1. The maximum Gasteiger partial charge on any atom is 0.224 e. The van der Waals surface area contributed by atoms with Crippen LogP contribution in [0, 0.1) is 0 Å². The van der Waals surface area contributed by atoms with Gasteiger partial charge in [0.15, 0.2) is 0 Å². The van der Waals surface area contributed by atoms with E-state index in [-0.39, 0.29) is 5.91 Å². The maximum atomic E-state index is 11.6. The largest absolute Gasteiger partial charge is 0.389 e. The van der Waals surface area contributed by atoms with E-state index in [1.807, 2.05) is 12.1 Å². The van der Waals surface area contributed by atoms with Crippen LogP contribution < -0.4 is 5.32 Å². The summed E-state index contributed by atoms with van der Waals surface area (Å²) in [6.07, 6.45) is 1.49. The summed E-state index contributed by atoms with van der Waals surface area (Å²) in [4.78, 5) is 11.6. The summed E-state index contributed by atoms with van der Waals surface area (Å²) in [5.74, 6) is 0.542. The average Bonchev–Trinajstić information content (AvgIpc) is 2.29. The molecule has 3 nitrogen and oxygen atoms in total. The van der Waals surface area contributed by atoms with Crippen LogP contribution in [0.15, 0.2) is 24.3 Å². The number of rotatable bonds is 6. The second-order valence-corrected chi connectivity index (χ2v) is 4.34. The fourth-order valence-electron chi connectivity index (χ4n) is 1.57. The highest BCUT2D eigenvalue weighted by atomic mass is 35.5. The van der Waals surface area contributed by atoms with Crippen molar-refractivity contribution in [2.75, 3.05) is 11.2 Å². The maximum absolute atomic E-state index is 11.6. The first-order chi connectivity index (χ1) is 8.15. The summed E-state index contributed by atoms with van der Waals surface area (Å²) < 4.78 is 0. The van der Waals surface area contributed by atoms with Gasteiger partial charge in [0.05, 0.1) is 6.10 Å². The third-order valence-corrected chi connectivity index (χ3v) is 2.74. The van der Waals surface area contributed by atoms with E-state index in [0.717, 1.165) is 18.4 Å². The highest BCUT2D eigenvalue weighted by Crippen LogP contribution is 2.22. The number of halogens is 1. The van der Waals surface area contributed by atoms with Gasteiger partial charge in [0, 0.05) is 23.6 Å². The quantitative estimate of drug-likeness (QED) is 0.606. The molecule has 0 aliphatic heterocycles. The van der Waals surface area contributed by atoms with Crippen molar-refractivity contribution in [3.63, 3.8) is 0 Å². The first-order valence-electron chi connectivity index (χ1n) is 5.78. The average molecular weight is 256 g/mol. The molecule has 0 radical (unpaired) electrons. The van der Waals surface area contributed by atoms with Crippen LogP contribution in [0.1, 0.15) is 37.9 Å². The summed E-state index contributed by atoms with van der Waals surface area (Å²) in [6.45, 7) is 1.68. The van der Waals surface area contributed by atoms with E-state index in [4.69, 9.17) is 11.6 Å². The summed E-state index contributed by atoms with van der Waals surface area (Å²) in [5, 5.41) is 12.4. The minimum Gasteiger partial charge on any atom is -0.389 e. The van der Waals surface area contributed by atoms with E-state index in [1.54, 1.807) is 19.1 Å². The van der Waals surface area contributed by atoms with Gasteiger partial charge >= 0.3 is 0 Å². The molecule has 1 aromatic carbocycles. The van der Waals surface area contributed by atoms with Gasteiger partial charge in [-0.25, -0.2) is 0 Å². The number of amides is 1. The number of aliphatic hydroxyl groups is 1. The molecule has 0 spiro atoms. The molecule has 1 atom stereocenters. The topological polar surface area (TPSA) is 49.3 Å². The van der Waals surface area contributed by atoms with E-state index in [0.29, 0.717) is 18.0 Å². The minimum absolute atomic E-state index is 0.0387. The van der Waals surface area contributed by atoms with Gasteiger partial charge in [0.2, 0.25) is 5.91 Å². The third-order valence-electron chi connectivity index (χ3n) is 2.47. The molecule has 17 heavy (non-hydrogen) atoms. The van der Waals surface area contributed by atoms with Crippen LogP contribution in [-0.2, 0) is 4.79 Å². The Morgan fingerprint density at radius 1 is 1.41 bits per heavy atom. The van der Waals surface area contributed by atoms with E-state index >= 15 is 0 Å². The molecule has 1 rings (SSSR count). The Morgan fingerprint density at radius 3 is 2.76 bits per heavy atom. The lowest BCUT2D eigenvalue weighted by Crippen LogP contribution is -2.13. The number of para-hydroxylation sites is 1. The van der Waals surface area contributed by atoms with E-state index in [1.165, 1.54) is 0 Å². The zero-order valence-corrected chi connectivity index (χ0v) is 10.7. The Bertz CT molecular complexity index is 366.